The van der Waals surface area contributed by atoms with E-state index in [2.05, 4.69) is 0 Å². The second-order valence-corrected chi connectivity index (χ2v) is 3.81. The summed E-state index contributed by atoms with van der Waals surface area (Å²) >= 11 is 0. The summed E-state index contributed by atoms with van der Waals surface area (Å²) in [5.41, 5.74) is 5.26. The number of rotatable bonds is 9. The van der Waals surface area contributed by atoms with E-state index in [-0.39, 0.29) is 6.61 Å². The van der Waals surface area contributed by atoms with Crippen molar-refractivity contribution in [2.75, 3.05) is 33.0 Å². The van der Waals surface area contributed by atoms with Gasteiger partial charge in [0.2, 0.25) is 0 Å². The van der Waals surface area contributed by atoms with Crippen LogP contribution in [0.3, 0.4) is 0 Å². The van der Waals surface area contributed by atoms with E-state index in [4.69, 9.17) is 25.1 Å². The highest BCUT2D eigenvalue weighted by Gasteiger charge is 2.19. The highest BCUT2D eigenvalue weighted by atomic mass is 16.7. The van der Waals surface area contributed by atoms with Gasteiger partial charge in [-0.3, -0.25) is 0 Å². The summed E-state index contributed by atoms with van der Waals surface area (Å²) in [6.07, 6.45) is -0.485. The Kier molecular flexibility index (Phi) is 7.90. The maximum atomic E-state index is 9.04. The first-order chi connectivity index (χ1) is 6.98. The van der Waals surface area contributed by atoms with Crippen LogP contribution in [0.2, 0.25) is 0 Å². The molecule has 0 aliphatic heterocycles. The van der Waals surface area contributed by atoms with E-state index in [0.717, 1.165) is 0 Å². The monoisotopic (exact) mass is 221 g/mol. The molecule has 0 radical (unpaired) electrons. The Balaban J connectivity index is 3.46. The standard InChI is InChI=1S/C10H23NO4/c1-9(12)8-15-10(2,3)14-7-6-13-5-4-11/h9,12H,4-8,11H2,1-3H3. The minimum atomic E-state index is -0.691. The van der Waals surface area contributed by atoms with Gasteiger partial charge in [0.1, 0.15) is 0 Å². The molecule has 0 bridgehead atoms. The van der Waals surface area contributed by atoms with Crippen molar-refractivity contribution in [1.82, 2.24) is 0 Å². The largest absolute Gasteiger partial charge is 0.391 e. The Hall–Kier alpha value is -0.200. The van der Waals surface area contributed by atoms with Gasteiger partial charge in [-0.1, -0.05) is 0 Å². The molecule has 15 heavy (non-hydrogen) atoms. The number of nitrogens with two attached hydrogens (primary N) is 1. The Morgan fingerprint density at radius 2 is 1.87 bits per heavy atom. The smallest absolute Gasteiger partial charge is 0.162 e. The Bertz CT molecular complexity index is 150. The predicted octanol–water partition coefficient (Wildman–Crippen LogP) is 0.112. The van der Waals surface area contributed by atoms with E-state index < -0.39 is 11.9 Å². The number of hydrogen-bond acceptors (Lipinski definition) is 5. The molecule has 0 heterocycles. The van der Waals surface area contributed by atoms with Crippen LogP contribution in [-0.2, 0) is 14.2 Å². The molecule has 0 aliphatic carbocycles. The quantitative estimate of drug-likeness (QED) is 0.427. The zero-order chi connectivity index (χ0) is 11.7. The minimum Gasteiger partial charge on any atom is -0.391 e. The summed E-state index contributed by atoms with van der Waals surface area (Å²) < 4.78 is 15.9. The third-order valence-electron chi connectivity index (χ3n) is 1.61. The van der Waals surface area contributed by atoms with Gasteiger partial charge in [-0.2, -0.15) is 0 Å². The molecule has 92 valence electrons. The third kappa shape index (κ3) is 10.1. The van der Waals surface area contributed by atoms with Gasteiger partial charge < -0.3 is 25.1 Å². The maximum Gasteiger partial charge on any atom is 0.162 e. The lowest BCUT2D eigenvalue weighted by Crippen LogP contribution is -2.32. The van der Waals surface area contributed by atoms with Crippen molar-refractivity contribution in [3.05, 3.63) is 0 Å². The van der Waals surface area contributed by atoms with E-state index in [9.17, 15) is 0 Å². The average molecular weight is 221 g/mol. The number of hydrogen-bond donors (Lipinski definition) is 2. The van der Waals surface area contributed by atoms with Crippen molar-refractivity contribution in [3.63, 3.8) is 0 Å². The van der Waals surface area contributed by atoms with E-state index in [0.29, 0.717) is 26.4 Å². The van der Waals surface area contributed by atoms with E-state index in [1.54, 1.807) is 20.8 Å². The van der Waals surface area contributed by atoms with Gasteiger partial charge in [0.05, 0.1) is 32.5 Å². The zero-order valence-electron chi connectivity index (χ0n) is 9.86. The van der Waals surface area contributed by atoms with Gasteiger partial charge in [-0.05, 0) is 20.8 Å². The van der Waals surface area contributed by atoms with E-state index in [1.807, 2.05) is 0 Å². The Morgan fingerprint density at radius 3 is 2.40 bits per heavy atom. The summed E-state index contributed by atoms with van der Waals surface area (Å²) in [4.78, 5) is 0. The Morgan fingerprint density at radius 1 is 1.20 bits per heavy atom. The van der Waals surface area contributed by atoms with Crippen molar-refractivity contribution in [1.29, 1.82) is 0 Å². The topological polar surface area (TPSA) is 73.9 Å². The van der Waals surface area contributed by atoms with Gasteiger partial charge in [0.25, 0.3) is 0 Å². The molecule has 0 aromatic heterocycles. The minimum absolute atomic E-state index is 0.261. The van der Waals surface area contributed by atoms with Crippen LogP contribution in [0.25, 0.3) is 0 Å². The molecule has 0 aliphatic rings. The molecule has 0 amide bonds. The first-order valence-corrected chi connectivity index (χ1v) is 5.21. The molecule has 0 aromatic carbocycles. The summed E-state index contributed by atoms with van der Waals surface area (Å²) in [5.74, 6) is -0.691. The number of ether oxygens (including phenoxy) is 3. The molecule has 1 atom stereocenters. The molecule has 0 saturated heterocycles. The fraction of sp³-hybridized carbons (Fsp3) is 1.00. The molecule has 1 unspecified atom stereocenters. The van der Waals surface area contributed by atoms with Crippen molar-refractivity contribution in [3.8, 4) is 0 Å². The summed E-state index contributed by atoms with van der Waals surface area (Å²) in [7, 11) is 0. The molecular weight excluding hydrogens is 198 g/mol. The van der Waals surface area contributed by atoms with Gasteiger partial charge in [0.15, 0.2) is 5.79 Å². The fourth-order valence-corrected chi connectivity index (χ4v) is 0.895. The molecule has 0 fully saturated rings. The predicted molar refractivity (Wildman–Crippen MR) is 57.5 cm³/mol. The second kappa shape index (κ2) is 8.01. The highest BCUT2D eigenvalue weighted by molar-refractivity contribution is 4.55. The highest BCUT2D eigenvalue weighted by Crippen LogP contribution is 2.11. The van der Waals surface area contributed by atoms with Crippen molar-refractivity contribution >= 4 is 0 Å². The Labute approximate surface area is 91.5 Å². The summed E-state index contributed by atoms with van der Waals surface area (Å²) in [6, 6.07) is 0. The summed E-state index contributed by atoms with van der Waals surface area (Å²) in [5, 5.41) is 9.04. The van der Waals surface area contributed by atoms with Crippen LogP contribution in [0.1, 0.15) is 20.8 Å². The molecule has 0 saturated carbocycles. The normalized spacial score (nSPS) is 14.2. The fourth-order valence-electron chi connectivity index (χ4n) is 0.895. The van der Waals surface area contributed by atoms with Crippen LogP contribution in [0.15, 0.2) is 0 Å². The van der Waals surface area contributed by atoms with Gasteiger partial charge in [-0.25, -0.2) is 0 Å². The van der Waals surface area contributed by atoms with Gasteiger partial charge in [0, 0.05) is 6.54 Å². The average Bonchev–Trinajstić information content (AvgIpc) is 2.15. The third-order valence-corrected chi connectivity index (χ3v) is 1.61. The van der Waals surface area contributed by atoms with Crippen molar-refractivity contribution in [2.45, 2.75) is 32.7 Å². The maximum absolute atomic E-state index is 9.04. The van der Waals surface area contributed by atoms with Crippen LogP contribution in [0, 0.1) is 0 Å². The van der Waals surface area contributed by atoms with Crippen LogP contribution in [0.5, 0.6) is 0 Å². The van der Waals surface area contributed by atoms with Crippen LogP contribution >= 0.6 is 0 Å². The number of aliphatic hydroxyl groups excluding tert-OH is 1. The lowest BCUT2D eigenvalue weighted by Gasteiger charge is -2.26. The number of aliphatic hydroxyl groups is 1. The molecule has 0 spiro atoms. The first-order valence-electron chi connectivity index (χ1n) is 5.21. The first kappa shape index (κ1) is 14.8. The molecule has 0 rings (SSSR count). The molecule has 5 heteroatoms. The van der Waals surface area contributed by atoms with Crippen LogP contribution < -0.4 is 5.73 Å². The molecule has 5 nitrogen and oxygen atoms in total. The molecule has 0 aromatic rings. The van der Waals surface area contributed by atoms with E-state index >= 15 is 0 Å². The molecular formula is C10H23NO4. The lowest BCUT2D eigenvalue weighted by molar-refractivity contribution is -0.227. The van der Waals surface area contributed by atoms with Gasteiger partial charge >= 0.3 is 0 Å². The van der Waals surface area contributed by atoms with Crippen molar-refractivity contribution in [2.24, 2.45) is 5.73 Å². The van der Waals surface area contributed by atoms with Gasteiger partial charge in [-0.15, -0.1) is 0 Å². The summed E-state index contributed by atoms with van der Waals surface area (Å²) in [6.45, 7) is 7.54. The van der Waals surface area contributed by atoms with E-state index in [1.165, 1.54) is 0 Å². The second-order valence-electron chi connectivity index (χ2n) is 3.81. The van der Waals surface area contributed by atoms with Crippen LogP contribution in [-0.4, -0.2) is 50.0 Å². The van der Waals surface area contributed by atoms with Crippen LogP contribution in [0.4, 0.5) is 0 Å². The zero-order valence-corrected chi connectivity index (χ0v) is 9.86. The lowest BCUT2D eigenvalue weighted by atomic mass is 10.3. The van der Waals surface area contributed by atoms with Crippen molar-refractivity contribution < 1.29 is 19.3 Å². The molecule has 3 N–H and O–H groups in total. The SMILES string of the molecule is CC(O)COC(C)(C)OCCOCCN.